The van der Waals surface area contributed by atoms with E-state index in [1.807, 2.05) is 17.9 Å². The Labute approximate surface area is 151 Å². The van der Waals surface area contributed by atoms with Crippen molar-refractivity contribution in [1.29, 1.82) is 0 Å². The minimum absolute atomic E-state index is 0.0468. The number of carbonyl (C=O) groups is 1. The van der Waals surface area contributed by atoms with E-state index in [2.05, 4.69) is 4.98 Å². The number of nitrogens with zero attached hydrogens (tertiary/aromatic N) is 2. The van der Waals surface area contributed by atoms with Gasteiger partial charge in [-0.05, 0) is 43.4 Å². The van der Waals surface area contributed by atoms with Gasteiger partial charge in [0.25, 0.3) is 5.91 Å². The van der Waals surface area contributed by atoms with Crippen molar-refractivity contribution in [2.75, 3.05) is 19.7 Å². The van der Waals surface area contributed by atoms with Gasteiger partial charge in [0, 0.05) is 13.0 Å². The summed E-state index contributed by atoms with van der Waals surface area (Å²) in [5.74, 6) is 1.03. The number of ether oxygens (including phenoxy) is 1. The third-order valence-electron chi connectivity index (χ3n) is 4.79. The fraction of sp³-hybridized carbons (Fsp3) is 0.474. The quantitative estimate of drug-likeness (QED) is 0.911. The van der Waals surface area contributed by atoms with Gasteiger partial charge >= 0.3 is 0 Å². The van der Waals surface area contributed by atoms with Crippen LogP contribution in [0.5, 0.6) is 5.75 Å². The molecule has 0 radical (unpaired) electrons. The summed E-state index contributed by atoms with van der Waals surface area (Å²) < 4.78 is 5.81. The summed E-state index contributed by atoms with van der Waals surface area (Å²) in [6, 6.07) is 7.05. The first-order valence-electron chi connectivity index (χ1n) is 8.76. The molecule has 1 aliphatic heterocycles. The molecular formula is C19H22N2O3S. The topological polar surface area (TPSA) is 62.7 Å². The van der Waals surface area contributed by atoms with Crippen molar-refractivity contribution in [3.8, 4) is 5.75 Å². The number of rotatable bonds is 4. The number of aromatic nitrogens is 1. The summed E-state index contributed by atoms with van der Waals surface area (Å²) in [5.41, 5.74) is 1.74. The zero-order chi connectivity index (χ0) is 17.4. The number of phenolic OH excluding ortho intramolecular Hbond substituents is 1. The van der Waals surface area contributed by atoms with Crippen molar-refractivity contribution in [2.24, 2.45) is 5.92 Å². The van der Waals surface area contributed by atoms with E-state index in [0.29, 0.717) is 19.7 Å². The van der Waals surface area contributed by atoms with Gasteiger partial charge in [-0.3, -0.25) is 4.79 Å². The number of phenols is 1. The van der Waals surface area contributed by atoms with Crippen molar-refractivity contribution in [3.63, 3.8) is 0 Å². The predicted molar refractivity (Wildman–Crippen MR) is 96.0 cm³/mol. The first-order valence-corrected chi connectivity index (χ1v) is 9.58. The molecule has 1 amide bonds. The molecule has 5 nitrogen and oxygen atoms in total. The van der Waals surface area contributed by atoms with Crippen LogP contribution in [0.25, 0.3) is 0 Å². The summed E-state index contributed by atoms with van der Waals surface area (Å²) in [5, 5.41) is 10.8. The van der Waals surface area contributed by atoms with Gasteiger partial charge < -0.3 is 14.7 Å². The molecule has 1 unspecified atom stereocenters. The molecule has 1 aromatic carbocycles. The number of morpholine rings is 1. The minimum Gasteiger partial charge on any atom is -0.508 e. The summed E-state index contributed by atoms with van der Waals surface area (Å²) >= 11 is 1.55. The standard InChI is InChI=1S/C19H22N2O3S/c1-12-18(25-17(20-12)9-13-5-6-13)19(23)21-7-8-24-16(11-21)14-3-2-4-15(22)10-14/h2-4,10,13,16,22H,5-9,11H2,1H3. The Morgan fingerprint density at radius 1 is 1.44 bits per heavy atom. The normalized spacial score (nSPS) is 20.7. The van der Waals surface area contributed by atoms with Crippen LogP contribution in [0.1, 0.15) is 44.9 Å². The number of carbonyl (C=O) groups excluding carboxylic acids is 1. The lowest BCUT2D eigenvalue weighted by Gasteiger charge is -2.33. The van der Waals surface area contributed by atoms with Crippen LogP contribution in [-0.2, 0) is 11.2 Å². The third-order valence-corrected chi connectivity index (χ3v) is 5.96. The molecule has 2 aliphatic rings. The first kappa shape index (κ1) is 16.5. The maximum atomic E-state index is 13.0. The maximum Gasteiger partial charge on any atom is 0.266 e. The van der Waals surface area contributed by atoms with Crippen LogP contribution in [0.3, 0.4) is 0 Å². The zero-order valence-electron chi connectivity index (χ0n) is 14.3. The summed E-state index contributed by atoms with van der Waals surface area (Å²) in [4.78, 5) is 20.2. The molecule has 1 aromatic heterocycles. The second-order valence-electron chi connectivity index (χ2n) is 6.88. The highest BCUT2D eigenvalue weighted by atomic mass is 32.1. The van der Waals surface area contributed by atoms with Gasteiger partial charge in [0.2, 0.25) is 0 Å². The van der Waals surface area contributed by atoms with Gasteiger partial charge in [0.15, 0.2) is 0 Å². The van der Waals surface area contributed by atoms with E-state index in [1.165, 1.54) is 12.8 Å². The summed E-state index contributed by atoms with van der Waals surface area (Å²) in [7, 11) is 0. The summed E-state index contributed by atoms with van der Waals surface area (Å²) in [6.45, 7) is 3.51. The van der Waals surface area contributed by atoms with Gasteiger partial charge in [-0.1, -0.05) is 12.1 Å². The monoisotopic (exact) mass is 358 g/mol. The van der Waals surface area contributed by atoms with Crippen LogP contribution in [0.15, 0.2) is 24.3 Å². The largest absolute Gasteiger partial charge is 0.508 e. The second-order valence-corrected chi connectivity index (χ2v) is 7.96. The van der Waals surface area contributed by atoms with Crippen LogP contribution < -0.4 is 0 Å². The molecule has 2 heterocycles. The Morgan fingerprint density at radius 2 is 2.28 bits per heavy atom. The average Bonchev–Trinajstić information content (AvgIpc) is 3.35. The van der Waals surface area contributed by atoms with Crippen molar-refractivity contribution in [1.82, 2.24) is 9.88 Å². The number of benzene rings is 1. The minimum atomic E-state index is -0.205. The Hall–Kier alpha value is -1.92. The molecule has 132 valence electrons. The number of aryl methyl sites for hydroxylation is 1. The molecule has 2 aromatic rings. The van der Waals surface area contributed by atoms with Crippen molar-refractivity contribution < 1.29 is 14.6 Å². The summed E-state index contributed by atoms with van der Waals surface area (Å²) in [6.07, 6.45) is 3.38. The van der Waals surface area contributed by atoms with Crippen molar-refractivity contribution >= 4 is 17.2 Å². The van der Waals surface area contributed by atoms with Crippen LogP contribution in [0, 0.1) is 12.8 Å². The van der Waals surface area contributed by atoms with E-state index in [9.17, 15) is 9.90 Å². The lowest BCUT2D eigenvalue weighted by atomic mass is 10.1. The SMILES string of the molecule is Cc1nc(CC2CC2)sc1C(=O)N1CCOC(c2cccc(O)c2)C1. The van der Waals surface area contributed by atoms with Gasteiger partial charge in [0.05, 0.1) is 23.9 Å². The molecule has 1 atom stereocenters. The molecule has 1 N–H and O–H groups in total. The van der Waals surface area contributed by atoms with Crippen LogP contribution in [-0.4, -0.2) is 40.6 Å². The molecule has 0 bridgehead atoms. The van der Waals surface area contributed by atoms with E-state index < -0.39 is 0 Å². The van der Waals surface area contributed by atoms with Crippen molar-refractivity contribution in [3.05, 3.63) is 45.4 Å². The number of thiazole rings is 1. The van der Waals surface area contributed by atoms with E-state index in [0.717, 1.165) is 33.5 Å². The van der Waals surface area contributed by atoms with Crippen LogP contribution in [0.4, 0.5) is 0 Å². The second kappa shape index (κ2) is 6.77. The molecule has 0 spiro atoms. The van der Waals surface area contributed by atoms with Gasteiger partial charge in [-0.15, -0.1) is 11.3 Å². The van der Waals surface area contributed by atoms with E-state index in [4.69, 9.17) is 4.74 Å². The molecule has 2 fully saturated rings. The molecule has 25 heavy (non-hydrogen) atoms. The third kappa shape index (κ3) is 3.70. The van der Waals surface area contributed by atoms with Crippen LogP contribution in [0.2, 0.25) is 0 Å². The first-order chi connectivity index (χ1) is 12.1. The molecule has 6 heteroatoms. The number of amides is 1. The fourth-order valence-electron chi connectivity index (χ4n) is 3.21. The Kier molecular flexibility index (Phi) is 4.48. The fourth-order valence-corrected chi connectivity index (χ4v) is 4.36. The van der Waals surface area contributed by atoms with Gasteiger partial charge in [-0.25, -0.2) is 4.98 Å². The van der Waals surface area contributed by atoms with E-state index in [-0.39, 0.29) is 17.8 Å². The highest BCUT2D eigenvalue weighted by Gasteiger charge is 2.30. The Morgan fingerprint density at radius 3 is 3.04 bits per heavy atom. The molecular weight excluding hydrogens is 336 g/mol. The van der Waals surface area contributed by atoms with Crippen molar-refractivity contribution in [2.45, 2.75) is 32.3 Å². The van der Waals surface area contributed by atoms with E-state index >= 15 is 0 Å². The Balaban J connectivity index is 1.49. The maximum absolute atomic E-state index is 13.0. The number of hydrogen-bond acceptors (Lipinski definition) is 5. The predicted octanol–water partition coefficient (Wildman–Crippen LogP) is 3.32. The van der Waals surface area contributed by atoms with Gasteiger partial charge in [0.1, 0.15) is 16.7 Å². The Bertz CT molecular complexity index is 785. The van der Waals surface area contributed by atoms with Crippen LogP contribution >= 0.6 is 11.3 Å². The average molecular weight is 358 g/mol. The highest BCUT2D eigenvalue weighted by molar-refractivity contribution is 7.13. The molecule has 1 aliphatic carbocycles. The smallest absolute Gasteiger partial charge is 0.266 e. The van der Waals surface area contributed by atoms with E-state index in [1.54, 1.807) is 29.5 Å². The molecule has 4 rings (SSSR count). The highest BCUT2D eigenvalue weighted by Crippen LogP contribution is 2.35. The van der Waals surface area contributed by atoms with Gasteiger partial charge in [-0.2, -0.15) is 0 Å². The zero-order valence-corrected chi connectivity index (χ0v) is 15.1. The number of aromatic hydroxyl groups is 1. The lowest BCUT2D eigenvalue weighted by molar-refractivity contribution is -0.0227. The molecule has 1 saturated carbocycles. The number of hydrogen-bond donors (Lipinski definition) is 1. The molecule has 1 saturated heterocycles. The lowest BCUT2D eigenvalue weighted by Crippen LogP contribution is -2.42.